The average molecular weight is 347 g/mol. The number of methoxy groups -OCH3 is 1. The average Bonchev–Trinajstić information content (AvgIpc) is 2.54. The van der Waals surface area contributed by atoms with Gasteiger partial charge in [-0.3, -0.25) is 4.79 Å². The molecule has 2 rings (SSSR count). The third-order valence-electron chi connectivity index (χ3n) is 3.32. The van der Waals surface area contributed by atoms with Crippen molar-refractivity contribution in [2.24, 2.45) is 5.10 Å². The molecule has 0 saturated carbocycles. The molecule has 2 aromatic carbocycles. The van der Waals surface area contributed by atoms with Gasteiger partial charge in [-0.25, -0.2) is 5.43 Å². The minimum Gasteiger partial charge on any atom is -0.496 e. The molecule has 0 bridgehead atoms. The summed E-state index contributed by atoms with van der Waals surface area (Å²) in [4.78, 5) is 11.8. The Bertz CT molecular complexity index is 760. The molecule has 0 aliphatic carbocycles. The molecule has 0 aliphatic heterocycles. The first-order valence-electron chi connectivity index (χ1n) is 7.35. The van der Waals surface area contributed by atoms with E-state index >= 15 is 0 Å². The van der Waals surface area contributed by atoms with Gasteiger partial charge in [0, 0.05) is 5.02 Å². The van der Waals surface area contributed by atoms with Gasteiger partial charge < -0.3 is 9.47 Å². The van der Waals surface area contributed by atoms with Crippen LogP contribution in [0, 0.1) is 13.8 Å². The minimum atomic E-state index is -0.342. The maximum atomic E-state index is 11.8. The zero-order valence-electron chi connectivity index (χ0n) is 13.8. The summed E-state index contributed by atoms with van der Waals surface area (Å²) in [6, 6.07) is 10.8. The number of halogens is 1. The number of amides is 1. The number of carbonyl (C=O) groups is 1. The lowest BCUT2D eigenvalue weighted by atomic mass is 10.1. The van der Waals surface area contributed by atoms with Crippen LogP contribution < -0.4 is 14.9 Å². The number of ether oxygens (including phenoxy) is 2. The molecular formula is C18H19ClN2O3. The molecule has 0 atom stereocenters. The van der Waals surface area contributed by atoms with Crippen molar-refractivity contribution in [2.75, 3.05) is 13.7 Å². The summed E-state index contributed by atoms with van der Waals surface area (Å²) in [6.45, 7) is 3.68. The summed E-state index contributed by atoms with van der Waals surface area (Å²) >= 11 is 5.87. The van der Waals surface area contributed by atoms with Gasteiger partial charge in [-0.05, 0) is 66.9 Å². The fourth-order valence-corrected chi connectivity index (χ4v) is 2.34. The number of hydrogen-bond acceptors (Lipinski definition) is 4. The van der Waals surface area contributed by atoms with Crippen molar-refractivity contribution in [3.05, 3.63) is 58.1 Å². The smallest absolute Gasteiger partial charge is 0.277 e. The van der Waals surface area contributed by atoms with Crippen molar-refractivity contribution in [3.63, 3.8) is 0 Å². The first kappa shape index (κ1) is 17.8. The first-order valence-corrected chi connectivity index (χ1v) is 7.73. The van der Waals surface area contributed by atoms with Gasteiger partial charge in [-0.15, -0.1) is 0 Å². The van der Waals surface area contributed by atoms with Crippen molar-refractivity contribution < 1.29 is 14.3 Å². The normalized spacial score (nSPS) is 10.7. The van der Waals surface area contributed by atoms with Crippen LogP contribution in [-0.2, 0) is 4.79 Å². The van der Waals surface area contributed by atoms with Crippen LogP contribution in [0.5, 0.6) is 11.5 Å². The molecule has 126 valence electrons. The Kier molecular flexibility index (Phi) is 6.21. The molecule has 1 N–H and O–H groups in total. The third-order valence-corrected chi connectivity index (χ3v) is 3.55. The second-order valence-electron chi connectivity index (χ2n) is 5.22. The number of aryl methyl sites for hydroxylation is 2. The van der Waals surface area contributed by atoms with Gasteiger partial charge in [0.15, 0.2) is 6.61 Å². The van der Waals surface area contributed by atoms with Gasteiger partial charge in [0.2, 0.25) is 0 Å². The summed E-state index contributed by atoms with van der Waals surface area (Å²) in [7, 11) is 1.62. The summed E-state index contributed by atoms with van der Waals surface area (Å²) in [5.41, 5.74) is 5.16. The third kappa shape index (κ3) is 4.99. The lowest BCUT2D eigenvalue weighted by Crippen LogP contribution is -2.24. The lowest BCUT2D eigenvalue weighted by molar-refractivity contribution is -0.123. The van der Waals surface area contributed by atoms with Crippen LogP contribution >= 0.6 is 11.6 Å². The van der Waals surface area contributed by atoms with E-state index in [1.807, 2.05) is 32.0 Å². The van der Waals surface area contributed by atoms with E-state index in [1.165, 1.54) is 0 Å². The molecular weight excluding hydrogens is 328 g/mol. The zero-order valence-corrected chi connectivity index (χ0v) is 14.6. The van der Waals surface area contributed by atoms with Crippen molar-refractivity contribution >= 4 is 23.7 Å². The number of hydrazone groups is 1. The fourth-order valence-electron chi connectivity index (χ4n) is 2.11. The van der Waals surface area contributed by atoms with Crippen LogP contribution in [0.25, 0.3) is 0 Å². The standard InChI is InChI=1S/C18H19ClN2O3/c1-12-8-14(4-6-16(12)23-3)10-20-21-18(22)11-24-17-7-5-15(19)9-13(17)2/h4-10H,11H2,1-3H3,(H,21,22)/b20-10+. The highest BCUT2D eigenvalue weighted by Crippen LogP contribution is 2.21. The highest BCUT2D eigenvalue weighted by atomic mass is 35.5. The SMILES string of the molecule is COc1ccc(/C=N/NC(=O)COc2ccc(Cl)cc2C)cc1C. The van der Waals surface area contributed by atoms with E-state index in [9.17, 15) is 4.79 Å². The van der Waals surface area contributed by atoms with Crippen LogP contribution in [0.4, 0.5) is 0 Å². The number of hydrogen-bond donors (Lipinski definition) is 1. The van der Waals surface area contributed by atoms with E-state index in [-0.39, 0.29) is 12.5 Å². The van der Waals surface area contributed by atoms with Gasteiger partial charge >= 0.3 is 0 Å². The van der Waals surface area contributed by atoms with E-state index < -0.39 is 0 Å². The summed E-state index contributed by atoms with van der Waals surface area (Å²) < 4.78 is 10.6. The molecule has 1 amide bonds. The van der Waals surface area contributed by atoms with E-state index in [0.29, 0.717) is 10.8 Å². The van der Waals surface area contributed by atoms with Crippen LogP contribution in [0.15, 0.2) is 41.5 Å². The van der Waals surface area contributed by atoms with Gasteiger partial charge in [0.1, 0.15) is 11.5 Å². The molecule has 2 aromatic rings. The van der Waals surface area contributed by atoms with E-state index in [2.05, 4.69) is 10.5 Å². The van der Waals surface area contributed by atoms with Crippen LogP contribution in [0.1, 0.15) is 16.7 Å². The van der Waals surface area contributed by atoms with Crippen LogP contribution in [-0.4, -0.2) is 25.8 Å². The largest absolute Gasteiger partial charge is 0.496 e. The Morgan fingerprint density at radius 3 is 2.54 bits per heavy atom. The monoisotopic (exact) mass is 346 g/mol. The molecule has 24 heavy (non-hydrogen) atoms. The molecule has 5 nitrogen and oxygen atoms in total. The lowest BCUT2D eigenvalue weighted by Gasteiger charge is -2.08. The van der Waals surface area contributed by atoms with Crippen molar-refractivity contribution in [1.82, 2.24) is 5.43 Å². The molecule has 0 heterocycles. The number of rotatable bonds is 6. The Hall–Kier alpha value is -2.53. The van der Waals surface area contributed by atoms with Gasteiger partial charge in [0.05, 0.1) is 13.3 Å². The topological polar surface area (TPSA) is 59.9 Å². The van der Waals surface area contributed by atoms with E-state index in [0.717, 1.165) is 22.4 Å². The van der Waals surface area contributed by atoms with E-state index in [1.54, 1.807) is 31.5 Å². The minimum absolute atomic E-state index is 0.124. The second kappa shape index (κ2) is 8.36. The van der Waals surface area contributed by atoms with Crippen LogP contribution in [0.2, 0.25) is 5.02 Å². The number of nitrogens with one attached hydrogen (secondary N) is 1. The van der Waals surface area contributed by atoms with Gasteiger partial charge in [0.25, 0.3) is 5.91 Å². The predicted octanol–water partition coefficient (Wildman–Crippen LogP) is 3.49. The number of nitrogens with zero attached hydrogens (tertiary/aromatic N) is 1. The van der Waals surface area contributed by atoms with Crippen molar-refractivity contribution in [1.29, 1.82) is 0 Å². The van der Waals surface area contributed by atoms with Crippen molar-refractivity contribution in [3.8, 4) is 11.5 Å². The molecule has 0 spiro atoms. The van der Waals surface area contributed by atoms with E-state index in [4.69, 9.17) is 21.1 Å². The summed E-state index contributed by atoms with van der Waals surface area (Å²) in [5, 5.41) is 4.55. The Balaban J connectivity index is 1.85. The van der Waals surface area contributed by atoms with Gasteiger partial charge in [-0.1, -0.05) is 11.6 Å². The molecule has 0 unspecified atom stereocenters. The maximum absolute atomic E-state index is 11.8. The zero-order chi connectivity index (χ0) is 17.5. The van der Waals surface area contributed by atoms with Gasteiger partial charge in [-0.2, -0.15) is 5.10 Å². The summed E-state index contributed by atoms with van der Waals surface area (Å²) in [5.74, 6) is 1.08. The second-order valence-corrected chi connectivity index (χ2v) is 5.66. The summed E-state index contributed by atoms with van der Waals surface area (Å²) in [6.07, 6.45) is 1.57. The Morgan fingerprint density at radius 1 is 1.17 bits per heavy atom. The highest BCUT2D eigenvalue weighted by molar-refractivity contribution is 6.30. The Morgan fingerprint density at radius 2 is 1.88 bits per heavy atom. The first-order chi connectivity index (χ1) is 11.5. The maximum Gasteiger partial charge on any atom is 0.277 e. The predicted molar refractivity (Wildman–Crippen MR) is 95.2 cm³/mol. The molecule has 0 aromatic heterocycles. The van der Waals surface area contributed by atoms with Crippen LogP contribution in [0.3, 0.4) is 0 Å². The number of carbonyl (C=O) groups excluding carboxylic acids is 1. The molecule has 6 heteroatoms. The Labute approximate surface area is 146 Å². The van der Waals surface area contributed by atoms with Crippen molar-refractivity contribution in [2.45, 2.75) is 13.8 Å². The molecule has 0 fully saturated rings. The molecule has 0 aliphatic rings. The number of benzene rings is 2. The molecule has 0 saturated heterocycles. The quantitative estimate of drug-likeness (QED) is 0.643. The fraction of sp³-hybridized carbons (Fsp3) is 0.222. The highest BCUT2D eigenvalue weighted by Gasteiger charge is 2.04. The molecule has 0 radical (unpaired) electrons.